The van der Waals surface area contributed by atoms with Crippen LogP contribution in [0, 0.1) is 19.7 Å². The van der Waals surface area contributed by atoms with E-state index in [1.165, 1.54) is 16.4 Å². The van der Waals surface area contributed by atoms with Gasteiger partial charge in [0, 0.05) is 13.0 Å². The molecule has 0 heterocycles. The molecule has 2 aromatic rings. The number of carbonyl (C=O) groups is 1. The average molecular weight is 365 g/mol. The fraction of sp³-hybridized carbons (Fsp3) is 0.278. The maximum atomic E-state index is 13.1. The van der Waals surface area contributed by atoms with E-state index in [1.54, 1.807) is 19.1 Å². The van der Waals surface area contributed by atoms with Crippen LogP contribution in [-0.2, 0) is 14.8 Å². The topological polar surface area (TPSA) is 74.7 Å². The van der Waals surface area contributed by atoms with Crippen molar-refractivity contribution in [2.45, 2.75) is 31.6 Å². The van der Waals surface area contributed by atoms with Gasteiger partial charge in [-0.25, -0.2) is 12.8 Å². The monoisotopic (exact) mass is 365 g/mol. The number of carboxylic acid groups (broad SMARTS) is 1. The minimum Gasteiger partial charge on any atom is -0.481 e. The molecule has 0 unspecified atom stereocenters. The number of rotatable bonds is 7. The highest BCUT2D eigenvalue weighted by molar-refractivity contribution is 7.92. The van der Waals surface area contributed by atoms with Crippen molar-refractivity contribution in [1.82, 2.24) is 0 Å². The molecule has 0 aromatic heterocycles. The zero-order chi connectivity index (χ0) is 18.6. The van der Waals surface area contributed by atoms with Crippen molar-refractivity contribution in [3.63, 3.8) is 0 Å². The Morgan fingerprint density at radius 3 is 2.32 bits per heavy atom. The van der Waals surface area contributed by atoms with Crippen LogP contribution in [0.1, 0.15) is 24.0 Å². The van der Waals surface area contributed by atoms with E-state index in [0.717, 1.165) is 23.3 Å². The predicted molar refractivity (Wildman–Crippen MR) is 93.7 cm³/mol. The molecule has 0 saturated carbocycles. The van der Waals surface area contributed by atoms with Crippen LogP contribution in [0.2, 0.25) is 0 Å². The second-order valence-electron chi connectivity index (χ2n) is 5.82. The smallest absolute Gasteiger partial charge is 0.303 e. The molecule has 0 aliphatic carbocycles. The summed E-state index contributed by atoms with van der Waals surface area (Å²) < 4.78 is 40.3. The summed E-state index contributed by atoms with van der Waals surface area (Å²) in [7, 11) is -3.93. The van der Waals surface area contributed by atoms with E-state index in [9.17, 15) is 17.6 Å². The van der Waals surface area contributed by atoms with Gasteiger partial charge in [-0.2, -0.15) is 0 Å². The molecular formula is C18H20FNO4S. The lowest BCUT2D eigenvalue weighted by molar-refractivity contribution is -0.137. The normalized spacial score (nSPS) is 11.3. The molecule has 0 saturated heterocycles. The summed E-state index contributed by atoms with van der Waals surface area (Å²) in [4.78, 5) is 10.7. The molecule has 5 nitrogen and oxygen atoms in total. The molecule has 2 aromatic carbocycles. The number of hydrogen-bond donors (Lipinski definition) is 1. The lowest BCUT2D eigenvalue weighted by Gasteiger charge is -2.26. The summed E-state index contributed by atoms with van der Waals surface area (Å²) in [5, 5.41) is 8.83. The molecular weight excluding hydrogens is 345 g/mol. The SMILES string of the molecule is Cc1ccc(N(CCCC(=O)O)S(=O)(=O)c2ccc(F)cc2)c(C)c1. The number of benzene rings is 2. The lowest BCUT2D eigenvalue weighted by atomic mass is 10.1. The highest BCUT2D eigenvalue weighted by atomic mass is 32.2. The molecule has 0 spiro atoms. The van der Waals surface area contributed by atoms with E-state index < -0.39 is 21.8 Å². The number of sulfonamides is 1. The fourth-order valence-electron chi connectivity index (χ4n) is 2.56. The second kappa shape index (κ2) is 7.65. The van der Waals surface area contributed by atoms with Gasteiger partial charge in [0.25, 0.3) is 10.0 Å². The maximum absolute atomic E-state index is 13.1. The van der Waals surface area contributed by atoms with Crippen molar-refractivity contribution in [2.75, 3.05) is 10.8 Å². The molecule has 0 amide bonds. The van der Waals surface area contributed by atoms with Crippen LogP contribution in [0.15, 0.2) is 47.4 Å². The van der Waals surface area contributed by atoms with Crippen LogP contribution >= 0.6 is 0 Å². The van der Waals surface area contributed by atoms with Crippen LogP contribution in [0.25, 0.3) is 0 Å². The third-order valence-corrected chi connectivity index (χ3v) is 5.60. The number of aliphatic carboxylic acids is 1. The Hall–Kier alpha value is -2.41. The Balaban J connectivity index is 2.45. The molecule has 0 aliphatic rings. The fourth-order valence-corrected chi connectivity index (χ4v) is 4.13. The van der Waals surface area contributed by atoms with Crippen molar-refractivity contribution in [3.8, 4) is 0 Å². The standard InChI is InChI=1S/C18H20FNO4S/c1-13-5-10-17(14(2)12-13)20(11-3-4-18(21)22)25(23,24)16-8-6-15(19)7-9-16/h5-10,12H,3-4,11H2,1-2H3,(H,21,22). The summed E-state index contributed by atoms with van der Waals surface area (Å²) in [5.41, 5.74) is 2.24. The van der Waals surface area contributed by atoms with E-state index in [1.807, 2.05) is 13.0 Å². The van der Waals surface area contributed by atoms with Gasteiger partial charge in [-0.3, -0.25) is 9.10 Å². The molecule has 134 valence electrons. The van der Waals surface area contributed by atoms with E-state index in [2.05, 4.69) is 0 Å². The minimum atomic E-state index is -3.93. The predicted octanol–water partition coefficient (Wildman–Crippen LogP) is 3.50. The van der Waals surface area contributed by atoms with Gasteiger partial charge in [0.2, 0.25) is 0 Å². The molecule has 0 bridgehead atoms. The summed E-state index contributed by atoms with van der Waals surface area (Å²) in [6.07, 6.45) is 0.0312. The number of nitrogens with zero attached hydrogens (tertiary/aromatic N) is 1. The van der Waals surface area contributed by atoms with Gasteiger partial charge in [-0.15, -0.1) is 0 Å². The van der Waals surface area contributed by atoms with Gasteiger partial charge < -0.3 is 5.11 Å². The van der Waals surface area contributed by atoms with Gasteiger partial charge >= 0.3 is 5.97 Å². The van der Waals surface area contributed by atoms with Gasteiger partial charge in [-0.05, 0) is 56.2 Å². The van der Waals surface area contributed by atoms with Crippen LogP contribution in [0.4, 0.5) is 10.1 Å². The van der Waals surface area contributed by atoms with Gasteiger partial charge in [0.1, 0.15) is 5.82 Å². The summed E-state index contributed by atoms with van der Waals surface area (Å²) in [6.45, 7) is 3.72. The third kappa shape index (κ3) is 4.57. The number of aryl methyl sites for hydroxylation is 2. The minimum absolute atomic E-state index is 0.0237. The van der Waals surface area contributed by atoms with Crippen LogP contribution < -0.4 is 4.31 Å². The largest absolute Gasteiger partial charge is 0.481 e. The van der Waals surface area contributed by atoms with Crippen molar-refractivity contribution in [3.05, 3.63) is 59.4 Å². The Morgan fingerprint density at radius 2 is 1.76 bits per heavy atom. The average Bonchev–Trinajstić information content (AvgIpc) is 2.52. The first-order valence-electron chi connectivity index (χ1n) is 7.79. The van der Waals surface area contributed by atoms with E-state index in [-0.39, 0.29) is 24.3 Å². The lowest BCUT2D eigenvalue weighted by Crippen LogP contribution is -2.33. The Kier molecular flexibility index (Phi) is 5.79. The zero-order valence-corrected chi connectivity index (χ0v) is 14.9. The van der Waals surface area contributed by atoms with Crippen LogP contribution in [0.5, 0.6) is 0 Å². The van der Waals surface area contributed by atoms with Gasteiger partial charge in [0.15, 0.2) is 0 Å². The Morgan fingerprint density at radius 1 is 1.12 bits per heavy atom. The molecule has 0 fully saturated rings. The Labute approximate surface area is 146 Å². The third-order valence-electron chi connectivity index (χ3n) is 3.77. The molecule has 0 atom stereocenters. The summed E-state index contributed by atoms with van der Waals surface area (Å²) in [6, 6.07) is 9.95. The number of anilines is 1. The van der Waals surface area contributed by atoms with Crippen molar-refractivity contribution >= 4 is 21.7 Å². The molecule has 7 heteroatoms. The van der Waals surface area contributed by atoms with Crippen LogP contribution in [0.3, 0.4) is 0 Å². The quantitative estimate of drug-likeness (QED) is 0.815. The van der Waals surface area contributed by atoms with Crippen LogP contribution in [-0.4, -0.2) is 26.0 Å². The number of halogens is 1. The molecule has 0 aliphatic heterocycles. The van der Waals surface area contributed by atoms with Crippen molar-refractivity contribution in [2.24, 2.45) is 0 Å². The maximum Gasteiger partial charge on any atom is 0.303 e. The summed E-state index contributed by atoms with van der Waals surface area (Å²) in [5.74, 6) is -1.51. The number of hydrogen-bond acceptors (Lipinski definition) is 3. The first kappa shape index (κ1) is 18.9. The van der Waals surface area contributed by atoms with E-state index in [0.29, 0.717) is 5.69 Å². The molecule has 2 rings (SSSR count). The first-order chi connectivity index (χ1) is 11.7. The Bertz CT molecular complexity index is 863. The highest BCUT2D eigenvalue weighted by Crippen LogP contribution is 2.28. The van der Waals surface area contributed by atoms with Crippen molar-refractivity contribution in [1.29, 1.82) is 0 Å². The van der Waals surface area contributed by atoms with Crippen molar-refractivity contribution < 1.29 is 22.7 Å². The van der Waals surface area contributed by atoms with Gasteiger partial charge in [0.05, 0.1) is 10.6 Å². The molecule has 25 heavy (non-hydrogen) atoms. The second-order valence-corrected chi connectivity index (χ2v) is 7.68. The van der Waals surface area contributed by atoms with Gasteiger partial charge in [-0.1, -0.05) is 17.7 Å². The number of carboxylic acids is 1. The van der Waals surface area contributed by atoms with E-state index in [4.69, 9.17) is 5.11 Å². The molecule has 1 N–H and O–H groups in total. The summed E-state index contributed by atoms with van der Waals surface area (Å²) >= 11 is 0. The molecule has 0 radical (unpaired) electrons. The van der Waals surface area contributed by atoms with E-state index >= 15 is 0 Å². The zero-order valence-electron chi connectivity index (χ0n) is 14.1. The first-order valence-corrected chi connectivity index (χ1v) is 9.23. The highest BCUT2D eigenvalue weighted by Gasteiger charge is 2.26.